The van der Waals surface area contributed by atoms with Gasteiger partial charge in [-0.1, -0.05) is 37.1 Å². The Bertz CT molecular complexity index is 879. The van der Waals surface area contributed by atoms with Crippen molar-refractivity contribution in [1.29, 1.82) is 0 Å². The van der Waals surface area contributed by atoms with Gasteiger partial charge in [0.05, 0.1) is 11.4 Å². The molecule has 0 saturated carbocycles. The quantitative estimate of drug-likeness (QED) is 0.421. The van der Waals surface area contributed by atoms with Crippen molar-refractivity contribution in [2.75, 3.05) is 0 Å². The fourth-order valence-corrected chi connectivity index (χ4v) is 2.58. The molecule has 0 aliphatic rings. The van der Waals surface area contributed by atoms with E-state index in [0.29, 0.717) is 17.5 Å². The maximum atomic E-state index is 5.88. The molecule has 0 saturated heterocycles. The van der Waals surface area contributed by atoms with Crippen LogP contribution in [0.5, 0.6) is 5.88 Å². The van der Waals surface area contributed by atoms with E-state index in [2.05, 4.69) is 27.1 Å². The fraction of sp³-hybridized carbons (Fsp3) is 0.238. The number of unbranched alkanes of at least 4 members (excludes halogenated alkanes) is 1. The summed E-state index contributed by atoms with van der Waals surface area (Å²) in [6.45, 7) is 2.61. The monoisotopic (exact) mass is 380 g/mol. The fourth-order valence-electron chi connectivity index (χ4n) is 2.45. The molecule has 0 unspecified atom stereocenters. The van der Waals surface area contributed by atoms with Crippen LogP contribution < -0.4 is 4.74 Å². The Kier molecular flexibility index (Phi) is 6.88. The number of aryl methyl sites for hydroxylation is 1. The second-order valence-corrected chi connectivity index (χ2v) is 6.52. The number of hydrogen-bond donors (Lipinski definition) is 0. The van der Waals surface area contributed by atoms with Gasteiger partial charge in [0.2, 0.25) is 5.88 Å². The van der Waals surface area contributed by atoms with E-state index < -0.39 is 0 Å². The normalized spacial score (nSPS) is 11.0. The van der Waals surface area contributed by atoms with Crippen molar-refractivity contribution in [3.05, 3.63) is 77.2 Å². The molecule has 5 nitrogen and oxygen atoms in total. The molecule has 0 fully saturated rings. The van der Waals surface area contributed by atoms with Crippen LogP contribution in [-0.4, -0.2) is 9.97 Å². The van der Waals surface area contributed by atoms with Gasteiger partial charge in [-0.05, 0) is 54.8 Å². The van der Waals surface area contributed by atoms with Gasteiger partial charge in [-0.25, -0.2) is 9.97 Å². The number of ether oxygens (including phenoxy) is 1. The number of rotatable bonds is 8. The Morgan fingerprint density at radius 3 is 2.30 bits per heavy atom. The third-order valence-corrected chi connectivity index (χ3v) is 4.22. The number of halogens is 1. The van der Waals surface area contributed by atoms with E-state index in [-0.39, 0.29) is 0 Å². The van der Waals surface area contributed by atoms with Crippen LogP contribution in [0.25, 0.3) is 0 Å². The van der Waals surface area contributed by atoms with Gasteiger partial charge in [-0.3, -0.25) is 0 Å². The summed E-state index contributed by atoms with van der Waals surface area (Å²) in [4.78, 5) is 8.35. The zero-order valence-electron chi connectivity index (χ0n) is 15.2. The van der Waals surface area contributed by atoms with Crippen LogP contribution in [0.3, 0.4) is 0 Å². The van der Waals surface area contributed by atoms with E-state index >= 15 is 0 Å². The summed E-state index contributed by atoms with van der Waals surface area (Å²) < 4.78 is 5.88. The lowest BCUT2D eigenvalue weighted by Crippen LogP contribution is -2.01. The lowest BCUT2D eigenvalue weighted by molar-refractivity contribution is 0.289. The van der Waals surface area contributed by atoms with Crippen molar-refractivity contribution in [2.45, 2.75) is 32.8 Å². The minimum atomic E-state index is 0.449. The molecule has 0 radical (unpaired) electrons. The smallest absolute Gasteiger partial charge is 0.219 e. The highest BCUT2D eigenvalue weighted by Gasteiger charge is 2.05. The molecule has 138 valence electrons. The molecular formula is C21H21ClN4O. The van der Waals surface area contributed by atoms with Gasteiger partial charge in [0, 0.05) is 16.8 Å². The summed E-state index contributed by atoms with van der Waals surface area (Å²) in [6, 6.07) is 15.0. The van der Waals surface area contributed by atoms with Crippen molar-refractivity contribution in [3.8, 4) is 5.88 Å². The van der Waals surface area contributed by atoms with Gasteiger partial charge in [-0.2, -0.15) is 10.2 Å². The standard InChI is InChI=1S/C21H21ClN4O/c1-2-3-4-17-13-23-15-24-21(17)27-14-16-5-9-19(10-6-16)25-26-20-11-7-18(22)8-12-20/h5-13,15H,2-4,14H2,1H3. The molecule has 3 aromatic rings. The summed E-state index contributed by atoms with van der Waals surface area (Å²) in [7, 11) is 0. The SMILES string of the molecule is CCCCc1cncnc1OCc1ccc(N=Nc2ccc(Cl)cc2)cc1. The first-order valence-corrected chi connectivity index (χ1v) is 9.30. The highest BCUT2D eigenvalue weighted by molar-refractivity contribution is 6.30. The summed E-state index contributed by atoms with van der Waals surface area (Å²) in [5.41, 5.74) is 3.63. The predicted molar refractivity (Wildman–Crippen MR) is 107 cm³/mol. The van der Waals surface area contributed by atoms with Gasteiger partial charge in [0.25, 0.3) is 0 Å². The van der Waals surface area contributed by atoms with E-state index in [9.17, 15) is 0 Å². The number of azo groups is 1. The molecule has 0 aliphatic carbocycles. The Morgan fingerprint density at radius 1 is 0.963 bits per heavy atom. The van der Waals surface area contributed by atoms with Gasteiger partial charge in [-0.15, -0.1) is 0 Å². The van der Waals surface area contributed by atoms with Gasteiger partial charge in [0.15, 0.2) is 0 Å². The molecule has 0 bridgehead atoms. The largest absolute Gasteiger partial charge is 0.473 e. The molecule has 27 heavy (non-hydrogen) atoms. The molecule has 0 atom stereocenters. The Hall–Kier alpha value is -2.79. The van der Waals surface area contributed by atoms with E-state index in [0.717, 1.165) is 41.8 Å². The average Bonchev–Trinajstić information content (AvgIpc) is 2.71. The molecule has 1 heterocycles. The molecule has 0 spiro atoms. The number of aromatic nitrogens is 2. The summed E-state index contributed by atoms with van der Waals surface area (Å²) >= 11 is 5.86. The van der Waals surface area contributed by atoms with Crippen molar-refractivity contribution < 1.29 is 4.74 Å². The molecule has 1 aromatic heterocycles. The summed E-state index contributed by atoms with van der Waals surface area (Å²) in [5, 5.41) is 9.11. The highest BCUT2D eigenvalue weighted by atomic mass is 35.5. The first-order chi connectivity index (χ1) is 13.2. The molecule has 0 aliphatic heterocycles. The maximum Gasteiger partial charge on any atom is 0.219 e. The first kappa shape index (κ1) is 19.0. The van der Waals surface area contributed by atoms with Gasteiger partial charge >= 0.3 is 0 Å². The second-order valence-electron chi connectivity index (χ2n) is 6.09. The van der Waals surface area contributed by atoms with E-state index in [1.165, 1.54) is 6.33 Å². The van der Waals surface area contributed by atoms with Gasteiger partial charge < -0.3 is 4.74 Å². The van der Waals surface area contributed by atoms with Crippen LogP contribution in [-0.2, 0) is 13.0 Å². The lowest BCUT2D eigenvalue weighted by Gasteiger charge is -2.09. The Labute approximate surface area is 164 Å². The van der Waals surface area contributed by atoms with Crippen molar-refractivity contribution >= 4 is 23.0 Å². The zero-order chi connectivity index (χ0) is 18.9. The van der Waals surface area contributed by atoms with Crippen LogP contribution in [0, 0.1) is 0 Å². The van der Waals surface area contributed by atoms with Crippen LogP contribution in [0.2, 0.25) is 5.02 Å². The minimum absolute atomic E-state index is 0.449. The van der Waals surface area contributed by atoms with Crippen molar-refractivity contribution in [2.24, 2.45) is 10.2 Å². The molecule has 3 rings (SSSR count). The second kappa shape index (κ2) is 9.78. The minimum Gasteiger partial charge on any atom is -0.473 e. The first-order valence-electron chi connectivity index (χ1n) is 8.92. The zero-order valence-corrected chi connectivity index (χ0v) is 15.9. The third kappa shape index (κ3) is 5.86. The van der Waals surface area contributed by atoms with Crippen LogP contribution in [0.15, 0.2) is 71.3 Å². The number of hydrogen-bond acceptors (Lipinski definition) is 5. The molecule has 0 amide bonds. The molecule has 2 aromatic carbocycles. The Morgan fingerprint density at radius 2 is 1.63 bits per heavy atom. The van der Waals surface area contributed by atoms with E-state index in [1.807, 2.05) is 42.6 Å². The van der Waals surface area contributed by atoms with Crippen molar-refractivity contribution in [1.82, 2.24) is 9.97 Å². The lowest BCUT2D eigenvalue weighted by atomic mass is 10.1. The van der Waals surface area contributed by atoms with Crippen LogP contribution >= 0.6 is 11.6 Å². The van der Waals surface area contributed by atoms with Crippen molar-refractivity contribution in [3.63, 3.8) is 0 Å². The Balaban J connectivity index is 1.59. The van der Waals surface area contributed by atoms with E-state index in [1.54, 1.807) is 12.1 Å². The van der Waals surface area contributed by atoms with Gasteiger partial charge in [0.1, 0.15) is 12.9 Å². The van der Waals surface area contributed by atoms with E-state index in [4.69, 9.17) is 16.3 Å². The van der Waals surface area contributed by atoms with Crippen LogP contribution in [0.4, 0.5) is 11.4 Å². The number of nitrogens with zero attached hydrogens (tertiary/aromatic N) is 4. The summed E-state index contributed by atoms with van der Waals surface area (Å²) in [6.07, 6.45) is 6.50. The highest BCUT2D eigenvalue weighted by Crippen LogP contribution is 2.22. The molecular weight excluding hydrogens is 360 g/mol. The molecule has 0 N–H and O–H groups in total. The average molecular weight is 381 g/mol. The number of benzene rings is 2. The summed E-state index contributed by atoms with van der Waals surface area (Å²) in [5.74, 6) is 0.657. The molecule has 6 heteroatoms. The topological polar surface area (TPSA) is 59.7 Å². The third-order valence-electron chi connectivity index (χ3n) is 3.97. The maximum absolute atomic E-state index is 5.88. The van der Waals surface area contributed by atoms with Crippen LogP contribution in [0.1, 0.15) is 30.9 Å². The predicted octanol–water partition coefficient (Wildman–Crippen LogP) is 6.47.